The van der Waals surface area contributed by atoms with Gasteiger partial charge in [0, 0.05) is 11.6 Å². The first-order valence-corrected chi connectivity index (χ1v) is 7.76. The average molecular weight is 278 g/mol. The van der Waals surface area contributed by atoms with Crippen LogP contribution < -0.4 is 9.47 Å². The van der Waals surface area contributed by atoms with Gasteiger partial charge in [0.2, 0.25) is 0 Å². The molecule has 1 aliphatic rings. The molecular weight excluding hydrogens is 252 g/mol. The molecule has 0 amide bonds. The molecule has 20 heavy (non-hydrogen) atoms. The lowest BCUT2D eigenvalue weighted by Gasteiger charge is -2.27. The van der Waals surface area contributed by atoms with E-state index in [-0.39, 0.29) is 12.7 Å². The fourth-order valence-electron chi connectivity index (χ4n) is 2.61. The maximum atomic E-state index is 9.44. The Morgan fingerprint density at radius 2 is 1.95 bits per heavy atom. The standard InChI is InChI=1S/C17H26O3/c1-3-10-19-16-9-6-14(12-18)17(11-16)20-15-7-4-13(2)5-8-15/h6,9,11,13,15,18H,3-5,7-8,10,12H2,1-2H3. The molecule has 0 unspecified atom stereocenters. The normalized spacial score (nSPS) is 22.6. The number of aliphatic hydroxyl groups excluding tert-OH is 1. The van der Waals surface area contributed by atoms with E-state index >= 15 is 0 Å². The molecule has 0 bridgehead atoms. The predicted molar refractivity (Wildman–Crippen MR) is 80.2 cm³/mol. The Balaban J connectivity index is 2.03. The van der Waals surface area contributed by atoms with Crippen LogP contribution in [-0.4, -0.2) is 17.8 Å². The van der Waals surface area contributed by atoms with Gasteiger partial charge in [0.1, 0.15) is 11.5 Å². The second kappa shape index (κ2) is 7.53. The van der Waals surface area contributed by atoms with Crippen LogP contribution in [0.1, 0.15) is 51.5 Å². The molecule has 0 aliphatic heterocycles. The Bertz CT molecular complexity index is 409. The van der Waals surface area contributed by atoms with Crippen molar-refractivity contribution < 1.29 is 14.6 Å². The Hall–Kier alpha value is -1.22. The van der Waals surface area contributed by atoms with Gasteiger partial charge in [-0.3, -0.25) is 0 Å². The number of benzene rings is 1. The van der Waals surface area contributed by atoms with E-state index in [0.717, 1.165) is 42.2 Å². The third-order valence-electron chi connectivity index (χ3n) is 3.94. The van der Waals surface area contributed by atoms with Crippen molar-refractivity contribution in [1.82, 2.24) is 0 Å². The van der Waals surface area contributed by atoms with Gasteiger partial charge >= 0.3 is 0 Å². The highest BCUT2D eigenvalue weighted by atomic mass is 16.5. The molecule has 0 heterocycles. The third-order valence-corrected chi connectivity index (χ3v) is 3.94. The second-order valence-electron chi connectivity index (χ2n) is 5.78. The first-order valence-electron chi connectivity index (χ1n) is 7.76. The summed E-state index contributed by atoms with van der Waals surface area (Å²) in [4.78, 5) is 0. The van der Waals surface area contributed by atoms with E-state index in [9.17, 15) is 5.11 Å². The quantitative estimate of drug-likeness (QED) is 0.857. The Labute approximate surface area is 121 Å². The van der Waals surface area contributed by atoms with E-state index in [0.29, 0.717) is 6.61 Å². The molecule has 3 nitrogen and oxygen atoms in total. The molecule has 1 aromatic rings. The number of hydrogen-bond donors (Lipinski definition) is 1. The lowest BCUT2D eigenvalue weighted by atomic mass is 9.89. The number of ether oxygens (including phenoxy) is 2. The molecular formula is C17H26O3. The summed E-state index contributed by atoms with van der Waals surface area (Å²) in [7, 11) is 0. The van der Waals surface area contributed by atoms with Gasteiger partial charge in [-0.05, 0) is 50.2 Å². The zero-order valence-corrected chi connectivity index (χ0v) is 12.6. The summed E-state index contributed by atoms with van der Waals surface area (Å²) in [6.45, 7) is 5.10. The zero-order chi connectivity index (χ0) is 14.4. The van der Waals surface area contributed by atoms with E-state index in [1.165, 1.54) is 12.8 Å². The molecule has 0 radical (unpaired) electrons. The lowest BCUT2D eigenvalue weighted by molar-refractivity contribution is 0.131. The molecule has 0 aromatic heterocycles. The van der Waals surface area contributed by atoms with Gasteiger partial charge in [0.15, 0.2) is 0 Å². The van der Waals surface area contributed by atoms with Gasteiger partial charge in [-0.2, -0.15) is 0 Å². The molecule has 0 atom stereocenters. The summed E-state index contributed by atoms with van der Waals surface area (Å²) in [6.07, 6.45) is 5.92. The van der Waals surface area contributed by atoms with Crippen LogP contribution in [0.2, 0.25) is 0 Å². The number of aliphatic hydroxyl groups is 1. The first kappa shape index (κ1) is 15.2. The van der Waals surface area contributed by atoms with Gasteiger partial charge in [0.05, 0.1) is 19.3 Å². The summed E-state index contributed by atoms with van der Waals surface area (Å²) in [5.74, 6) is 2.41. The van der Waals surface area contributed by atoms with Crippen molar-refractivity contribution in [2.24, 2.45) is 5.92 Å². The number of hydrogen-bond acceptors (Lipinski definition) is 3. The van der Waals surface area contributed by atoms with Crippen LogP contribution in [0, 0.1) is 5.92 Å². The molecule has 1 aromatic carbocycles. The van der Waals surface area contributed by atoms with Gasteiger partial charge in [-0.1, -0.05) is 13.8 Å². The lowest BCUT2D eigenvalue weighted by Crippen LogP contribution is -2.23. The van der Waals surface area contributed by atoms with Crippen LogP contribution in [0.3, 0.4) is 0 Å². The van der Waals surface area contributed by atoms with Crippen molar-refractivity contribution in [1.29, 1.82) is 0 Å². The first-order chi connectivity index (χ1) is 9.72. The maximum Gasteiger partial charge on any atom is 0.128 e. The van der Waals surface area contributed by atoms with Crippen LogP contribution in [0.4, 0.5) is 0 Å². The average Bonchev–Trinajstić information content (AvgIpc) is 2.48. The highest BCUT2D eigenvalue weighted by Gasteiger charge is 2.20. The minimum atomic E-state index is 0.00646. The van der Waals surface area contributed by atoms with Gasteiger partial charge < -0.3 is 14.6 Å². The van der Waals surface area contributed by atoms with Crippen molar-refractivity contribution in [3.63, 3.8) is 0 Å². The molecule has 2 rings (SSSR count). The summed E-state index contributed by atoms with van der Waals surface area (Å²) in [6, 6.07) is 5.71. The van der Waals surface area contributed by atoms with Gasteiger partial charge in [-0.25, -0.2) is 0 Å². The van der Waals surface area contributed by atoms with Crippen LogP contribution >= 0.6 is 0 Å². The molecule has 0 spiro atoms. The second-order valence-corrected chi connectivity index (χ2v) is 5.78. The Morgan fingerprint density at radius 3 is 2.60 bits per heavy atom. The van der Waals surface area contributed by atoms with Crippen molar-refractivity contribution in [2.45, 2.75) is 58.7 Å². The number of rotatable bonds is 6. The zero-order valence-electron chi connectivity index (χ0n) is 12.6. The highest BCUT2D eigenvalue weighted by molar-refractivity contribution is 5.40. The topological polar surface area (TPSA) is 38.7 Å². The molecule has 3 heteroatoms. The van der Waals surface area contributed by atoms with E-state index < -0.39 is 0 Å². The van der Waals surface area contributed by atoms with E-state index in [1.54, 1.807) is 0 Å². The summed E-state index contributed by atoms with van der Waals surface area (Å²) >= 11 is 0. The van der Waals surface area contributed by atoms with Gasteiger partial charge in [-0.15, -0.1) is 0 Å². The van der Waals surface area contributed by atoms with Crippen molar-refractivity contribution in [2.75, 3.05) is 6.61 Å². The van der Waals surface area contributed by atoms with E-state index in [2.05, 4.69) is 13.8 Å². The van der Waals surface area contributed by atoms with Crippen LogP contribution in [0.5, 0.6) is 11.5 Å². The fraction of sp³-hybridized carbons (Fsp3) is 0.647. The molecule has 1 fully saturated rings. The van der Waals surface area contributed by atoms with Crippen LogP contribution in [0.25, 0.3) is 0 Å². The summed E-state index contributed by atoms with van der Waals surface area (Å²) < 4.78 is 11.7. The summed E-state index contributed by atoms with van der Waals surface area (Å²) in [5, 5.41) is 9.44. The molecule has 1 N–H and O–H groups in total. The fourth-order valence-corrected chi connectivity index (χ4v) is 2.61. The monoisotopic (exact) mass is 278 g/mol. The molecule has 0 saturated heterocycles. The molecule has 1 aliphatic carbocycles. The predicted octanol–water partition coefficient (Wildman–Crippen LogP) is 3.93. The Morgan fingerprint density at radius 1 is 1.20 bits per heavy atom. The van der Waals surface area contributed by atoms with Crippen molar-refractivity contribution in [3.05, 3.63) is 23.8 Å². The third kappa shape index (κ3) is 4.14. The largest absolute Gasteiger partial charge is 0.493 e. The van der Waals surface area contributed by atoms with Crippen LogP contribution in [0.15, 0.2) is 18.2 Å². The molecule has 112 valence electrons. The molecule has 1 saturated carbocycles. The highest BCUT2D eigenvalue weighted by Crippen LogP contribution is 2.31. The smallest absolute Gasteiger partial charge is 0.128 e. The maximum absolute atomic E-state index is 9.44. The van der Waals surface area contributed by atoms with Gasteiger partial charge in [0.25, 0.3) is 0 Å². The summed E-state index contributed by atoms with van der Waals surface area (Å²) in [5.41, 5.74) is 0.840. The van der Waals surface area contributed by atoms with Crippen molar-refractivity contribution >= 4 is 0 Å². The van der Waals surface area contributed by atoms with Crippen LogP contribution in [-0.2, 0) is 6.61 Å². The van der Waals surface area contributed by atoms with Crippen molar-refractivity contribution in [3.8, 4) is 11.5 Å². The minimum absolute atomic E-state index is 0.00646. The van der Waals surface area contributed by atoms with E-state index in [1.807, 2.05) is 18.2 Å². The minimum Gasteiger partial charge on any atom is -0.493 e. The Kier molecular flexibility index (Phi) is 5.72. The SMILES string of the molecule is CCCOc1ccc(CO)c(OC2CCC(C)CC2)c1. The van der Waals surface area contributed by atoms with E-state index in [4.69, 9.17) is 9.47 Å².